The van der Waals surface area contributed by atoms with Crippen molar-refractivity contribution >= 4 is 15.5 Å². The van der Waals surface area contributed by atoms with Crippen LogP contribution >= 0.6 is 0 Å². The Morgan fingerprint density at radius 3 is 2.74 bits per heavy atom. The van der Waals surface area contributed by atoms with Crippen LogP contribution in [0.3, 0.4) is 0 Å². The Labute approximate surface area is 114 Å². The Morgan fingerprint density at radius 1 is 1.42 bits per heavy atom. The van der Waals surface area contributed by atoms with Crippen molar-refractivity contribution in [2.45, 2.75) is 19.0 Å². The van der Waals surface area contributed by atoms with E-state index in [-0.39, 0.29) is 11.8 Å². The van der Waals surface area contributed by atoms with Gasteiger partial charge in [-0.25, -0.2) is 8.42 Å². The van der Waals surface area contributed by atoms with Gasteiger partial charge in [0, 0.05) is 24.3 Å². The summed E-state index contributed by atoms with van der Waals surface area (Å²) in [5.41, 5.74) is 7.50. The maximum Gasteiger partial charge on any atom is 0.151 e. The molecule has 1 aliphatic heterocycles. The maximum absolute atomic E-state index is 11.5. The average molecular weight is 284 g/mol. The Hall–Kier alpha value is -1.27. The molecule has 0 bridgehead atoms. The Morgan fingerprint density at radius 2 is 2.16 bits per heavy atom. The number of rotatable bonds is 4. The first-order valence-corrected chi connectivity index (χ1v) is 8.06. The highest BCUT2D eigenvalue weighted by Gasteiger charge is 2.30. The van der Waals surface area contributed by atoms with Crippen LogP contribution in [0, 0.1) is 0 Å². The van der Waals surface area contributed by atoms with E-state index < -0.39 is 9.84 Å². The number of nitrogens with zero attached hydrogens (tertiary/aromatic N) is 1. The van der Waals surface area contributed by atoms with E-state index in [2.05, 4.69) is 4.90 Å². The van der Waals surface area contributed by atoms with Crippen molar-refractivity contribution in [2.24, 2.45) is 0 Å². The molecule has 1 aromatic carbocycles. The molecule has 1 saturated heterocycles. The van der Waals surface area contributed by atoms with Crippen LogP contribution in [-0.2, 0) is 16.4 Å². The lowest BCUT2D eigenvalue weighted by Crippen LogP contribution is -2.32. The first kappa shape index (κ1) is 14.1. The van der Waals surface area contributed by atoms with Crippen LogP contribution in [-0.4, -0.2) is 45.0 Å². The zero-order valence-electron chi connectivity index (χ0n) is 11.3. The van der Waals surface area contributed by atoms with Crippen LogP contribution in [0.1, 0.15) is 12.0 Å². The van der Waals surface area contributed by atoms with Crippen molar-refractivity contribution in [3.05, 3.63) is 23.8 Å². The van der Waals surface area contributed by atoms with E-state index in [9.17, 15) is 8.42 Å². The number of methoxy groups -OCH3 is 1. The van der Waals surface area contributed by atoms with Crippen LogP contribution < -0.4 is 10.5 Å². The molecular weight excluding hydrogens is 264 g/mol. The van der Waals surface area contributed by atoms with E-state index in [1.165, 1.54) is 0 Å². The zero-order valence-corrected chi connectivity index (χ0v) is 12.1. The van der Waals surface area contributed by atoms with Gasteiger partial charge in [-0.2, -0.15) is 0 Å². The summed E-state index contributed by atoms with van der Waals surface area (Å²) < 4.78 is 28.2. The van der Waals surface area contributed by atoms with Crippen molar-refractivity contribution < 1.29 is 13.2 Å². The van der Waals surface area contributed by atoms with Crippen LogP contribution in [0.2, 0.25) is 0 Å². The highest BCUT2D eigenvalue weighted by molar-refractivity contribution is 7.91. The maximum atomic E-state index is 11.5. The summed E-state index contributed by atoms with van der Waals surface area (Å²) in [6.45, 7) is 0.668. The minimum absolute atomic E-state index is 0.0948. The third-order valence-electron chi connectivity index (χ3n) is 3.49. The fourth-order valence-electron chi connectivity index (χ4n) is 2.44. The van der Waals surface area contributed by atoms with Crippen LogP contribution in [0.15, 0.2) is 18.2 Å². The van der Waals surface area contributed by atoms with E-state index in [1.807, 2.05) is 19.2 Å². The quantitative estimate of drug-likeness (QED) is 0.832. The van der Waals surface area contributed by atoms with Gasteiger partial charge in [0.05, 0.1) is 18.6 Å². The summed E-state index contributed by atoms with van der Waals surface area (Å²) >= 11 is 0. The molecule has 1 unspecified atom stereocenters. The lowest BCUT2D eigenvalue weighted by molar-refractivity contribution is 0.253. The topological polar surface area (TPSA) is 72.6 Å². The van der Waals surface area contributed by atoms with Gasteiger partial charge in [-0.05, 0) is 31.2 Å². The minimum atomic E-state index is -2.84. The van der Waals surface area contributed by atoms with Gasteiger partial charge in [0.1, 0.15) is 5.75 Å². The first-order valence-electron chi connectivity index (χ1n) is 6.24. The molecular formula is C13H20N2O3S. The summed E-state index contributed by atoms with van der Waals surface area (Å²) in [5.74, 6) is 1.27. The molecule has 1 atom stereocenters. The van der Waals surface area contributed by atoms with Crippen molar-refractivity contribution in [1.29, 1.82) is 0 Å². The predicted molar refractivity (Wildman–Crippen MR) is 75.9 cm³/mol. The van der Waals surface area contributed by atoms with E-state index >= 15 is 0 Å². The van der Waals surface area contributed by atoms with Gasteiger partial charge in [-0.15, -0.1) is 0 Å². The number of hydrogen-bond donors (Lipinski definition) is 1. The lowest BCUT2D eigenvalue weighted by Gasteiger charge is -2.23. The molecule has 0 radical (unpaired) electrons. The fourth-order valence-corrected chi connectivity index (χ4v) is 4.24. The van der Waals surface area contributed by atoms with Gasteiger partial charge in [-0.3, -0.25) is 4.90 Å². The van der Waals surface area contributed by atoms with Crippen LogP contribution in [0.4, 0.5) is 5.69 Å². The molecule has 1 aromatic rings. The highest BCUT2D eigenvalue weighted by atomic mass is 32.2. The SMILES string of the molecule is COc1cc(N)cc(CN(C)C2CCS(=O)(=O)C2)c1. The summed E-state index contributed by atoms with van der Waals surface area (Å²) in [7, 11) is 0.704. The van der Waals surface area contributed by atoms with Crippen LogP contribution in [0.25, 0.3) is 0 Å². The van der Waals surface area contributed by atoms with Gasteiger partial charge in [0.2, 0.25) is 0 Å². The van der Waals surface area contributed by atoms with Crippen molar-refractivity contribution in [1.82, 2.24) is 4.90 Å². The summed E-state index contributed by atoms with van der Waals surface area (Å²) in [5, 5.41) is 0. The molecule has 106 valence electrons. The Bertz CT molecular complexity index is 557. The lowest BCUT2D eigenvalue weighted by atomic mass is 10.1. The second kappa shape index (κ2) is 5.38. The van der Waals surface area contributed by atoms with Gasteiger partial charge in [0.15, 0.2) is 9.84 Å². The smallest absolute Gasteiger partial charge is 0.151 e. The van der Waals surface area contributed by atoms with Gasteiger partial charge >= 0.3 is 0 Å². The summed E-state index contributed by atoms with van der Waals surface area (Å²) in [6, 6.07) is 5.68. The molecule has 0 spiro atoms. The van der Waals surface area contributed by atoms with E-state index in [0.717, 1.165) is 11.3 Å². The minimum Gasteiger partial charge on any atom is -0.497 e. The highest BCUT2D eigenvalue weighted by Crippen LogP contribution is 2.22. The molecule has 0 aliphatic carbocycles. The van der Waals surface area contributed by atoms with Crippen molar-refractivity contribution in [3.8, 4) is 5.75 Å². The van der Waals surface area contributed by atoms with Crippen LogP contribution in [0.5, 0.6) is 5.75 Å². The standard InChI is InChI=1S/C13H20N2O3S/c1-15(12-3-4-19(16,17)9-12)8-10-5-11(14)7-13(6-10)18-2/h5-7,12H,3-4,8-9,14H2,1-2H3. The summed E-state index contributed by atoms with van der Waals surface area (Å²) in [6.07, 6.45) is 0.707. The Balaban J connectivity index is 2.07. The molecule has 0 amide bonds. The number of benzene rings is 1. The zero-order chi connectivity index (χ0) is 14.0. The third-order valence-corrected chi connectivity index (χ3v) is 5.24. The molecule has 19 heavy (non-hydrogen) atoms. The van der Waals surface area contributed by atoms with Gasteiger partial charge < -0.3 is 10.5 Å². The van der Waals surface area contributed by atoms with Gasteiger partial charge in [-0.1, -0.05) is 0 Å². The second-order valence-electron chi connectivity index (χ2n) is 5.09. The largest absolute Gasteiger partial charge is 0.497 e. The number of hydrogen-bond acceptors (Lipinski definition) is 5. The van der Waals surface area contributed by atoms with E-state index in [1.54, 1.807) is 13.2 Å². The molecule has 1 fully saturated rings. The molecule has 1 heterocycles. The molecule has 2 N–H and O–H groups in total. The monoisotopic (exact) mass is 284 g/mol. The molecule has 0 saturated carbocycles. The van der Waals surface area contributed by atoms with E-state index in [0.29, 0.717) is 24.4 Å². The number of nitrogens with two attached hydrogens (primary N) is 1. The molecule has 6 heteroatoms. The Kier molecular flexibility index (Phi) is 4.01. The average Bonchev–Trinajstić information content (AvgIpc) is 2.69. The van der Waals surface area contributed by atoms with Crippen molar-refractivity contribution in [3.63, 3.8) is 0 Å². The number of sulfone groups is 1. The molecule has 5 nitrogen and oxygen atoms in total. The first-order chi connectivity index (χ1) is 8.89. The summed E-state index contributed by atoms with van der Waals surface area (Å²) in [4.78, 5) is 2.07. The normalized spacial score (nSPS) is 21.7. The van der Waals surface area contributed by atoms with Crippen molar-refractivity contribution in [2.75, 3.05) is 31.4 Å². The molecule has 2 rings (SSSR count). The number of anilines is 1. The molecule has 1 aliphatic rings. The third kappa shape index (κ3) is 3.61. The number of nitrogen functional groups attached to an aromatic ring is 1. The second-order valence-corrected chi connectivity index (χ2v) is 7.32. The fraction of sp³-hybridized carbons (Fsp3) is 0.538. The number of ether oxygens (including phenoxy) is 1. The van der Waals surface area contributed by atoms with E-state index in [4.69, 9.17) is 10.5 Å². The van der Waals surface area contributed by atoms with Gasteiger partial charge in [0.25, 0.3) is 0 Å². The predicted octanol–water partition coefficient (Wildman–Crippen LogP) is 0.896. The molecule has 0 aromatic heterocycles.